The van der Waals surface area contributed by atoms with E-state index < -0.39 is 0 Å². The first-order valence-corrected chi connectivity index (χ1v) is 14.6. The summed E-state index contributed by atoms with van der Waals surface area (Å²) < 4.78 is 6.10. The molecule has 0 N–H and O–H groups in total. The van der Waals surface area contributed by atoms with E-state index in [-0.39, 0.29) is 0 Å². The van der Waals surface area contributed by atoms with Crippen molar-refractivity contribution in [2.75, 3.05) is 0 Å². The quantitative estimate of drug-likeness (QED) is 0.114. The van der Waals surface area contributed by atoms with E-state index in [9.17, 15) is 0 Å². The van der Waals surface area contributed by atoms with Crippen molar-refractivity contribution in [2.24, 2.45) is 0 Å². The number of unbranched alkanes of at least 4 members (excludes halogenated alkanes) is 12. The van der Waals surface area contributed by atoms with Gasteiger partial charge in [0, 0.05) is 10.8 Å². The molecule has 1 nitrogen and oxygen atoms in total. The summed E-state index contributed by atoms with van der Waals surface area (Å²) in [5, 5.41) is 7.74. The van der Waals surface area contributed by atoms with E-state index in [1.165, 1.54) is 128 Å². The van der Waals surface area contributed by atoms with Gasteiger partial charge in [-0.15, -0.1) is 0 Å². The van der Waals surface area contributed by atoms with Crippen molar-refractivity contribution < 1.29 is 4.42 Å². The fraction of sp³-hybridized carbons (Fsp3) is 0.429. The molecule has 188 valence electrons. The first-order valence-electron chi connectivity index (χ1n) is 14.6. The third-order valence-electron chi connectivity index (χ3n) is 7.99. The second-order valence-electron chi connectivity index (χ2n) is 10.7. The van der Waals surface area contributed by atoms with E-state index in [0.717, 1.165) is 11.2 Å². The minimum Gasteiger partial charge on any atom is -0.456 e. The number of furan rings is 1. The van der Waals surface area contributed by atoms with Crippen LogP contribution in [0.5, 0.6) is 0 Å². The highest BCUT2D eigenvalue weighted by molar-refractivity contribution is 6.23. The van der Waals surface area contributed by atoms with E-state index in [4.69, 9.17) is 4.42 Å². The molecule has 0 aliphatic rings. The highest BCUT2D eigenvalue weighted by atomic mass is 16.3. The fourth-order valence-corrected chi connectivity index (χ4v) is 5.92. The summed E-state index contributed by atoms with van der Waals surface area (Å²) in [6.45, 7) is 2.29. The van der Waals surface area contributed by atoms with E-state index in [2.05, 4.69) is 67.6 Å². The van der Waals surface area contributed by atoms with Gasteiger partial charge in [0.15, 0.2) is 0 Å². The van der Waals surface area contributed by atoms with Crippen molar-refractivity contribution in [3.8, 4) is 0 Å². The maximum Gasteiger partial charge on any atom is 0.136 e. The molecule has 0 aliphatic carbocycles. The molecule has 0 unspecified atom stereocenters. The standard InChI is InChI=1S/C35H42O/c1-2-3-4-5-6-7-8-9-10-11-12-13-14-17-27-20-22-29-28(26-27)21-23-31-30(29)24-25-34-35(31)32-18-15-16-19-33(32)36-34/h15-16,18-26H,2-14,17H2,1H3. The van der Waals surface area contributed by atoms with Gasteiger partial charge < -0.3 is 4.42 Å². The largest absolute Gasteiger partial charge is 0.456 e. The molecule has 0 radical (unpaired) electrons. The number of rotatable bonds is 14. The lowest BCUT2D eigenvalue weighted by molar-refractivity contribution is 0.539. The lowest BCUT2D eigenvalue weighted by atomic mass is 9.96. The van der Waals surface area contributed by atoms with Gasteiger partial charge in [-0.3, -0.25) is 0 Å². The molecule has 0 amide bonds. The lowest BCUT2D eigenvalue weighted by Gasteiger charge is -2.08. The van der Waals surface area contributed by atoms with Gasteiger partial charge in [-0.1, -0.05) is 139 Å². The summed E-state index contributed by atoms with van der Waals surface area (Å²) in [4.78, 5) is 0. The SMILES string of the molecule is CCCCCCCCCCCCCCCc1ccc2c(ccc3c2ccc2oc4ccccc4c23)c1. The van der Waals surface area contributed by atoms with E-state index >= 15 is 0 Å². The van der Waals surface area contributed by atoms with Crippen LogP contribution in [-0.4, -0.2) is 0 Å². The average molecular weight is 479 g/mol. The van der Waals surface area contributed by atoms with Crippen molar-refractivity contribution in [1.29, 1.82) is 0 Å². The molecule has 0 aliphatic heterocycles. The predicted octanol–water partition coefficient (Wildman–Crippen LogP) is 11.5. The summed E-state index contributed by atoms with van der Waals surface area (Å²) >= 11 is 0. The predicted molar refractivity (Wildman–Crippen MR) is 158 cm³/mol. The molecule has 0 spiro atoms. The molecule has 1 aromatic heterocycles. The van der Waals surface area contributed by atoms with Crippen LogP contribution in [0.2, 0.25) is 0 Å². The number of hydrogen-bond acceptors (Lipinski definition) is 1. The van der Waals surface area contributed by atoms with Crippen molar-refractivity contribution in [2.45, 2.75) is 96.8 Å². The van der Waals surface area contributed by atoms with E-state index in [1.54, 1.807) is 0 Å². The summed E-state index contributed by atoms with van der Waals surface area (Å²) in [6, 6.07) is 24.4. The molecule has 0 fully saturated rings. The van der Waals surface area contributed by atoms with Crippen LogP contribution in [0.15, 0.2) is 71.1 Å². The van der Waals surface area contributed by atoms with Gasteiger partial charge in [-0.2, -0.15) is 0 Å². The third kappa shape index (κ3) is 5.77. The Balaban J connectivity index is 1.12. The third-order valence-corrected chi connectivity index (χ3v) is 7.99. The number of hydrogen-bond donors (Lipinski definition) is 0. The van der Waals surface area contributed by atoms with Gasteiger partial charge in [-0.05, 0) is 52.1 Å². The van der Waals surface area contributed by atoms with Crippen molar-refractivity contribution >= 4 is 43.5 Å². The molecule has 0 saturated carbocycles. The Labute approximate surface area is 216 Å². The van der Waals surface area contributed by atoms with Crippen LogP contribution in [0.25, 0.3) is 43.5 Å². The number of aryl methyl sites for hydroxylation is 1. The summed E-state index contributed by atoms with van der Waals surface area (Å²) in [5.41, 5.74) is 3.41. The first-order chi connectivity index (χ1) is 17.8. The zero-order valence-corrected chi connectivity index (χ0v) is 22.2. The minimum absolute atomic E-state index is 0.966. The second-order valence-corrected chi connectivity index (χ2v) is 10.7. The summed E-state index contributed by atoms with van der Waals surface area (Å²) in [5.74, 6) is 0. The molecule has 36 heavy (non-hydrogen) atoms. The van der Waals surface area contributed by atoms with Gasteiger partial charge in [0.25, 0.3) is 0 Å². The van der Waals surface area contributed by atoms with Crippen LogP contribution >= 0.6 is 0 Å². The van der Waals surface area contributed by atoms with Crippen LogP contribution < -0.4 is 0 Å². The zero-order chi connectivity index (χ0) is 24.6. The highest BCUT2D eigenvalue weighted by Gasteiger charge is 2.11. The average Bonchev–Trinajstić information content (AvgIpc) is 3.30. The fourth-order valence-electron chi connectivity index (χ4n) is 5.92. The maximum absolute atomic E-state index is 6.10. The maximum atomic E-state index is 6.10. The molecule has 1 heteroatoms. The zero-order valence-electron chi connectivity index (χ0n) is 22.2. The Kier molecular flexibility index (Phi) is 8.59. The van der Waals surface area contributed by atoms with Crippen LogP contribution in [0.3, 0.4) is 0 Å². The molecule has 0 bridgehead atoms. The topological polar surface area (TPSA) is 13.1 Å². The monoisotopic (exact) mass is 478 g/mol. The van der Waals surface area contributed by atoms with Crippen molar-refractivity contribution in [1.82, 2.24) is 0 Å². The molecule has 0 atom stereocenters. The van der Waals surface area contributed by atoms with Crippen LogP contribution in [-0.2, 0) is 6.42 Å². The Morgan fingerprint density at radius 1 is 0.500 bits per heavy atom. The highest BCUT2D eigenvalue weighted by Crippen LogP contribution is 2.37. The minimum atomic E-state index is 0.966. The van der Waals surface area contributed by atoms with E-state index in [1.807, 2.05) is 6.07 Å². The number of fused-ring (bicyclic) bond motifs is 7. The first kappa shape index (κ1) is 24.9. The number of benzene rings is 4. The molecule has 4 aromatic carbocycles. The van der Waals surface area contributed by atoms with Gasteiger partial charge in [0.1, 0.15) is 11.2 Å². The second kappa shape index (κ2) is 12.4. The molecule has 1 heterocycles. The summed E-state index contributed by atoms with van der Waals surface area (Å²) in [7, 11) is 0. The van der Waals surface area contributed by atoms with Gasteiger partial charge in [-0.25, -0.2) is 0 Å². The molecule has 0 saturated heterocycles. The number of para-hydroxylation sites is 1. The molecular weight excluding hydrogens is 436 g/mol. The molecule has 5 rings (SSSR count). The Morgan fingerprint density at radius 2 is 1.14 bits per heavy atom. The Morgan fingerprint density at radius 3 is 1.89 bits per heavy atom. The summed E-state index contributed by atoms with van der Waals surface area (Å²) in [6.07, 6.45) is 19.5. The lowest BCUT2D eigenvalue weighted by Crippen LogP contribution is -1.88. The smallest absolute Gasteiger partial charge is 0.136 e. The van der Waals surface area contributed by atoms with Gasteiger partial charge >= 0.3 is 0 Å². The van der Waals surface area contributed by atoms with Crippen molar-refractivity contribution in [3.63, 3.8) is 0 Å². The molecule has 5 aromatic rings. The molecular formula is C35H42O. The van der Waals surface area contributed by atoms with Gasteiger partial charge in [0.2, 0.25) is 0 Å². The van der Waals surface area contributed by atoms with E-state index in [0.29, 0.717) is 0 Å². The van der Waals surface area contributed by atoms with Crippen LogP contribution in [0, 0.1) is 0 Å². The Bertz CT molecular complexity index is 1410. The van der Waals surface area contributed by atoms with Crippen molar-refractivity contribution in [3.05, 3.63) is 72.3 Å². The normalized spacial score (nSPS) is 11.9. The Hall–Kier alpha value is -2.80. The van der Waals surface area contributed by atoms with Gasteiger partial charge in [0.05, 0.1) is 0 Å². The van der Waals surface area contributed by atoms with Crippen LogP contribution in [0.4, 0.5) is 0 Å². The van der Waals surface area contributed by atoms with Crippen LogP contribution in [0.1, 0.15) is 96.0 Å².